The van der Waals surface area contributed by atoms with Gasteiger partial charge in [0.2, 0.25) is 0 Å². The number of nitrogens with two attached hydrogens (primary N) is 1. The van der Waals surface area contributed by atoms with E-state index in [4.69, 9.17) is 10.7 Å². The molecule has 0 radical (unpaired) electrons. The van der Waals surface area contributed by atoms with E-state index in [0.717, 1.165) is 40.6 Å². The van der Waals surface area contributed by atoms with Gasteiger partial charge in [0.25, 0.3) is 0 Å². The fraction of sp³-hybridized carbons (Fsp3) is 0.0426. The van der Waals surface area contributed by atoms with Gasteiger partial charge in [0.05, 0.1) is 22.4 Å². The van der Waals surface area contributed by atoms with E-state index >= 15 is 0 Å². The van der Waals surface area contributed by atoms with E-state index in [0.29, 0.717) is 11.4 Å². The fourth-order valence-electron chi connectivity index (χ4n) is 8.13. The molecule has 0 spiro atoms. The summed E-state index contributed by atoms with van der Waals surface area (Å²) in [6.07, 6.45) is 17.1. The van der Waals surface area contributed by atoms with Crippen LogP contribution in [0.2, 0.25) is 0 Å². The molecular weight excluding hydrogens is 607 g/mol. The number of benzene rings is 6. The normalized spacial score (nSPS) is 16.6. The van der Waals surface area contributed by atoms with Gasteiger partial charge in [-0.05, 0) is 93.1 Å². The first-order valence-corrected chi connectivity index (χ1v) is 17.3. The van der Waals surface area contributed by atoms with Gasteiger partial charge < -0.3 is 10.3 Å². The van der Waals surface area contributed by atoms with E-state index in [1.165, 1.54) is 65.9 Å². The van der Waals surface area contributed by atoms with Crippen molar-refractivity contribution >= 4 is 66.2 Å². The highest BCUT2D eigenvalue weighted by molar-refractivity contribution is 6.22. The zero-order valence-electron chi connectivity index (χ0n) is 27.5. The first kappa shape index (κ1) is 28.6. The third-order valence-electron chi connectivity index (χ3n) is 10.5. The molecular formula is C47H33N3. The van der Waals surface area contributed by atoms with Crippen LogP contribution >= 0.6 is 0 Å². The van der Waals surface area contributed by atoms with Gasteiger partial charge in [-0.3, -0.25) is 0 Å². The predicted molar refractivity (Wildman–Crippen MR) is 214 cm³/mol. The van der Waals surface area contributed by atoms with Crippen molar-refractivity contribution in [1.82, 2.24) is 4.57 Å². The standard InChI is InChI=1S/C47H33N3/c1-29(30-22-25-44-41(26-30)42-27-31-12-5-6-13-32(31)28-45(42)50(44)33-14-3-2-4-15-33)49-43-21-10-9-18-40(43)47(48)39-24-23-38-35-17-8-7-16-34(35)36-19-11-20-37(39)46(36)38/h3,5-28H,1-2,4,48H2/b47-40-,49-43?. The summed E-state index contributed by atoms with van der Waals surface area (Å²) in [5, 5.41) is 7.28. The lowest BCUT2D eigenvalue weighted by Crippen LogP contribution is -2.10. The number of fused-ring (bicyclic) bond motifs is 7. The van der Waals surface area contributed by atoms with Crippen LogP contribution in [-0.2, 0) is 0 Å². The third-order valence-corrected chi connectivity index (χ3v) is 10.5. The molecule has 50 heavy (non-hydrogen) atoms. The van der Waals surface area contributed by atoms with Crippen molar-refractivity contribution in [3.05, 3.63) is 175 Å². The van der Waals surface area contributed by atoms with Gasteiger partial charge in [-0.1, -0.05) is 122 Å². The maximum absolute atomic E-state index is 7.09. The first-order valence-electron chi connectivity index (χ1n) is 17.3. The first-order chi connectivity index (χ1) is 24.6. The molecule has 0 saturated heterocycles. The van der Waals surface area contributed by atoms with Crippen molar-refractivity contribution in [3.8, 4) is 22.3 Å². The number of nitrogens with zero attached hydrogens (tertiary/aromatic N) is 2. The predicted octanol–water partition coefficient (Wildman–Crippen LogP) is 11.8. The Morgan fingerprint density at radius 1 is 0.640 bits per heavy atom. The van der Waals surface area contributed by atoms with Crippen LogP contribution in [-0.4, -0.2) is 10.3 Å². The van der Waals surface area contributed by atoms with Crippen molar-refractivity contribution < 1.29 is 0 Å². The number of aliphatic imine (C=N–C) groups is 1. The summed E-state index contributed by atoms with van der Waals surface area (Å²) >= 11 is 0. The smallest absolute Gasteiger partial charge is 0.0730 e. The molecule has 0 unspecified atom stereocenters. The Bertz CT molecular complexity index is 2800. The highest BCUT2D eigenvalue weighted by Gasteiger charge is 2.23. The summed E-state index contributed by atoms with van der Waals surface area (Å²) in [5.74, 6) is 0. The Kier molecular flexibility index (Phi) is 6.31. The van der Waals surface area contributed by atoms with Gasteiger partial charge in [0.15, 0.2) is 0 Å². The van der Waals surface area contributed by atoms with E-state index < -0.39 is 0 Å². The van der Waals surface area contributed by atoms with Gasteiger partial charge in [-0.2, -0.15) is 0 Å². The van der Waals surface area contributed by atoms with Gasteiger partial charge in [-0.25, -0.2) is 4.99 Å². The number of hydrogen-bond acceptors (Lipinski definition) is 2. The Labute approximate surface area is 290 Å². The van der Waals surface area contributed by atoms with Gasteiger partial charge >= 0.3 is 0 Å². The van der Waals surface area contributed by atoms with Gasteiger partial charge in [0, 0.05) is 38.9 Å². The molecule has 236 valence electrons. The minimum Gasteiger partial charge on any atom is -0.398 e. The maximum atomic E-state index is 7.09. The monoisotopic (exact) mass is 639 g/mol. The van der Waals surface area contributed by atoms with Crippen molar-refractivity contribution in [1.29, 1.82) is 0 Å². The minimum absolute atomic E-state index is 0.696. The summed E-state index contributed by atoms with van der Waals surface area (Å²) in [4.78, 5) is 5.14. The van der Waals surface area contributed by atoms with Crippen LogP contribution in [0.15, 0.2) is 169 Å². The van der Waals surface area contributed by atoms with Gasteiger partial charge in [0.1, 0.15) is 0 Å². The number of hydrogen-bond donors (Lipinski definition) is 1. The van der Waals surface area contributed by atoms with Crippen LogP contribution in [0, 0.1) is 0 Å². The van der Waals surface area contributed by atoms with Crippen molar-refractivity contribution in [2.24, 2.45) is 10.7 Å². The van der Waals surface area contributed by atoms with Crippen LogP contribution in [0.5, 0.6) is 0 Å². The van der Waals surface area contributed by atoms with E-state index in [-0.39, 0.29) is 0 Å². The highest BCUT2D eigenvalue weighted by atomic mass is 15.0. The molecule has 0 bridgehead atoms. The molecule has 0 saturated carbocycles. The lowest BCUT2D eigenvalue weighted by atomic mass is 9.93. The summed E-state index contributed by atoms with van der Waals surface area (Å²) in [5.41, 5.74) is 20.8. The van der Waals surface area contributed by atoms with Crippen LogP contribution in [0.3, 0.4) is 0 Å². The van der Waals surface area contributed by atoms with E-state index in [9.17, 15) is 0 Å². The number of rotatable bonds is 4. The second-order valence-corrected chi connectivity index (χ2v) is 13.3. The van der Waals surface area contributed by atoms with Crippen LogP contribution < -0.4 is 5.73 Å². The molecule has 1 aromatic heterocycles. The average molecular weight is 640 g/mol. The highest BCUT2D eigenvalue weighted by Crippen LogP contribution is 2.48. The molecule has 1 heterocycles. The number of allylic oxidation sites excluding steroid dienone is 9. The quantitative estimate of drug-likeness (QED) is 0.205. The molecule has 0 atom stereocenters. The molecule has 3 aliphatic rings. The second-order valence-electron chi connectivity index (χ2n) is 13.3. The van der Waals surface area contributed by atoms with E-state index in [1.54, 1.807) is 0 Å². The molecule has 10 rings (SSSR count). The zero-order valence-corrected chi connectivity index (χ0v) is 27.5. The molecule has 0 amide bonds. The molecule has 0 aliphatic heterocycles. The summed E-state index contributed by atoms with van der Waals surface area (Å²) in [7, 11) is 0. The van der Waals surface area contributed by atoms with E-state index in [1.807, 2.05) is 18.2 Å². The SMILES string of the molecule is C=C(N=C1C=CC=C/C1=C(/N)c1ccc2c3c(cccc13)-c1ccccc1-2)c1ccc2c(c1)c1cc3ccccc3cc1n2C1=CCCC=C1. The molecule has 2 N–H and O–H groups in total. The zero-order chi connectivity index (χ0) is 33.3. The topological polar surface area (TPSA) is 43.3 Å². The van der Waals surface area contributed by atoms with E-state index in [2.05, 4.69) is 145 Å². The van der Waals surface area contributed by atoms with Crippen molar-refractivity contribution in [3.63, 3.8) is 0 Å². The Morgan fingerprint density at radius 3 is 2.20 bits per heavy atom. The van der Waals surface area contributed by atoms with Crippen molar-refractivity contribution in [2.45, 2.75) is 12.8 Å². The largest absolute Gasteiger partial charge is 0.398 e. The minimum atomic E-state index is 0.696. The Balaban J connectivity index is 1.09. The average Bonchev–Trinajstić information content (AvgIpc) is 3.67. The maximum Gasteiger partial charge on any atom is 0.0730 e. The molecule has 0 fully saturated rings. The number of aromatic nitrogens is 1. The molecule has 3 nitrogen and oxygen atoms in total. The summed E-state index contributed by atoms with van der Waals surface area (Å²) in [6, 6.07) is 39.4. The molecule has 3 heteroatoms. The van der Waals surface area contributed by atoms with Crippen LogP contribution in [0.4, 0.5) is 0 Å². The Morgan fingerprint density at radius 2 is 1.38 bits per heavy atom. The summed E-state index contributed by atoms with van der Waals surface area (Å²) < 4.78 is 2.40. The fourth-order valence-corrected chi connectivity index (χ4v) is 8.13. The van der Waals surface area contributed by atoms with Crippen LogP contribution in [0.25, 0.3) is 82.7 Å². The Hall–Kier alpha value is -6.45. The molecule has 7 aromatic rings. The van der Waals surface area contributed by atoms with Gasteiger partial charge in [-0.15, -0.1) is 0 Å². The lowest BCUT2D eigenvalue weighted by Gasteiger charge is -2.15. The molecule has 6 aromatic carbocycles. The lowest BCUT2D eigenvalue weighted by molar-refractivity contribution is 1.02. The van der Waals surface area contributed by atoms with Crippen molar-refractivity contribution in [2.75, 3.05) is 0 Å². The molecule has 3 aliphatic carbocycles. The third kappa shape index (κ3) is 4.27. The van der Waals surface area contributed by atoms with Crippen LogP contribution in [0.1, 0.15) is 24.0 Å². The summed E-state index contributed by atoms with van der Waals surface area (Å²) in [6.45, 7) is 4.49. The second kappa shape index (κ2) is 11.0.